The number of guanidine groups is 1. The summed E-state index contributed by atoms with van der Waals surface area (Å²) >= 11 is 0. The first-order chi connectivity index (χ1) is 13.2. The van der Waals surface area contributed by atoms with Gasteiger partial charge in [-0.2, -0.15) is 0 Å². The van der Waals surface area contributed by atoms with Crippen LogP contribution in [-0.2, 0) is 13.0 Å². The molecule has 0 aliphatic carbocycles. The van der Waals surface area contributed by atoms with Crippen molar-refractivity contribution in [3.63, 3.8) is 0 Å². The lowest BCUT2D eigenvalue weighted by Gasteiger charge is -2.12. The minimum atomic E-state index is 0. The van der Waals surface area contributed by atoms with Gasteiger partial charge in [-0.1, -0.05) is 18.2 Å². The van der Waals surface area contributed by atoms with E-state index in [-0.39, 0.29) is 24.0 Å². The highest BCUT2D eigenvalue weighted by atomic mass is 127. The maximum absolute atomic E-state index is 5.35. The normalized spacial score (nSPS) is 10.6. The standard InChI is InChI=1S/C21H29N3O3.HI/c1-5-22-21(23-13-12-16-6-9-18(25-2)10-7-16)24-15-17-8-11-19(26-3)20(14-17)27-4;/h6-11,14H,5,12-13,15H2,1-4H3,(H2,22,23,24);1H. The molecular formula is C21H30IN3O3. The van der Waals surface area contributed by atoms with Gasteiger partial charge in [0.15, 0.2) is 17.5 Å². The summed E-state index contributed by atoms with van der Waals surface area (Å²) in [7, 11) is 4.94. The Labute approximate surface area is 184 Å². The fourth-order valence-corrected chi connectivity index (χ4v) is 2.61. The van der Waals surface area contributed by atoms with E-state index >= 15 is 0 Å². The Balaban J connectivity index is 0.00000392. The third kappa shape index (κ3) is 7.46. The molecule has 0 aromatic heterocycles. The molecule has 2 aromatic carbocycles. The second-order valence-corrected chi connectivity index (χ2v) is 5.91. The van der Waals surface area contributed by atoms with Crippen molar-refractivity contribution >= 4 is 29.9 Å². The highest BCUT2D eigenvalue weighted by Gasteiger charge is 2.05. The first-order valence-corrected chi connectivity index (χ1v) is 9.06. The van der Waals surface area contributed by atoms with Gasteiger partial charge < -0.3 is 24.8 Å². The van der Waals surface area contributed by atoms with E-state index in [0.717, 1.165) is 42.5 Å². The van der Waals surface area contributed by atoms with Crippen LogP contribution in [0, 0.1) is 0 Å². The van der Waals surface area contributed by atoms with Gasteiger partial charge in [-0.15, -0.1) is 24.0 Å². The van der Waals surface area contributed by atoms with Crippen molar-refractivity contribution in [3.05, 3.63) is 53.6 Å². The van der Waals surface area contributed by atoms with Crippen LogP contribution in [0.2, 0.25) is 0 Å². The van der Waals surface area contributed by atoms with E-state index in [1.165, 1.54) is 5.56 Å². The summed E-state index contributed by atoms with van der Waals surface area (Å²) < 4.78 is 15.8. The van der Waals surface area contributed by atoms with Crippen LogP contribution in [-0.4, -0.2) is 40.4 Å². The van der Waals surface area contributed by atoms with Gasteiger partial charge in [0, 0.05) is 13.1 Å². The number of rotatable bonds is 9. The van der Waals surface area contributed by atoms with Crippen LogP contribution in [0.1, 0.15) is 18.1 Å². The van der Waals surface area contributed by atoms with Crippen molar-refractivity contribution in [1.29, 1.82) is 0 Å². The van der Waals surface area contributed by atoms with Crippen molar-refractivity contribution in [2.45, 2.75) is 19.9 Å². The minimum absolute atomic E-state index is 0. The predicted octanol–water partition coefficient (Wildman–Crippen LogP) is 3.63. The van der Waals surface area contributed by atoms with Crippen LogP contribution in [0.15, 0.2) is 47.5 Å². The highest BCUT2D eigenvalue weighted by Crippen LogP contribution is 2.27. The molecule has 0 saturated heterocycles. The molecule has 0 spiro atoms. The predicted molar refractivity (Wildman–Crippen MR) is 124 cm³/mol. The van der Waals surface area contributed by atoms with E-state index in [0.29, 0.717) is 12.3 Å². The lowest BCUT2D eigenvalue weighted by atomic mass is 10.1. The van der Waals surface area contributed by atoms with Crippen LogP contribution in [0.4, 0.5) is 0 Å². The van der Waals surface area contributed by atoms with Crippen LogP contribution < -0.4 is 24.8 Å². The zero-order valence-corrected chi connectivity index (χ0v) is 19.3. The number of nitrogens with zero attached hydrogens (tertiary/aromatic N) is 1. The van der Waals surface area contributed by atoms with E-state index in [2.05, 4.69) is 34.7 Å². The number of methoxy groups -OCH3 is 3. The molecule has 2 rings (SSSR count). The summed E-state index contributed by atoms with van der Waals surface area (Å²) in [5.41, 5.74) is 2.30. The first-order valence-electron chi connectivity index (χ1n) is 9.06. The topological polar surface area (TPSA) is 64.1 Å². The maximum Gasteiger partial charge on any atom is 0.191 e. The van der Waals surface area contributed by atoms with E-state index in [9.17, 15) is 0 Å². The van der Waals surface area contributed by atoms with E-state index in [4.69, 9.17) is 14.2 Å². The fraction of sp³-hybridized carbons (Fsp3) is 0.381. The molecule has 154 valence electrons. The number of hydrogen-bond acceptors (Lipinski definition) is 4. The van der Waals surface area contributed by atoms with Gasteiger partial charge in [0.2, 0.25) is 0 Å². The summed E-state index contributed by atoms with van der Waals surface area (Å²) in [6, 6.07) is 13.9. The summed E-state index contributed by atoms with van der Waals surface area (Å²) in [6.45, 7) is 4.21. The molecule has 2 N–H and O–H groups in total. The number of halogens is 1. The molecule has 0 saturated carbocycles. The molecule has 0 bridgehead atoms. The van der Waals surface area contributed by atoms with Crippen molar-refractivity contribution in [1.82, 2.24) is 10.6 Å². The lowest BCUT2D eigenvalue weighted by Crippen LogP contribution is -2.38. The zero-order valence-electron chi connectivity index (χ0n) is 17.0. The molecule has 0 radical (unpaired) electrons. The Hall–Kier alpha value is -2.16. The summed E-state index contributed by atoms with van der Waals surface area (Å²) in [6.07, 6.45) is 0.908. The maximum atomic E-state index is 5.35. The van der Waals surface area contributed by atoms with E-state index < -0.39 is 0 Å². The Morgan fingerprint density at radius 2 is 1.54 bits per heavy atom. The fourth-order valence-electron chi connectivity index (χ4n) is 2.61. The van der Waals surface area contributed by atoms with Crippen LogP contribution in [0.3, 0.4) is 0 Å². The third-order valence-electron chi connectivity index (χ3n) is 4.08. The molecule has 0 aliphatic heterocycles. The van der Waals surface area contributed by atoms with Gasteiger partial charge in [0.05, 0.1) is 27.9 Å². The summed E-state index contributed by atoms with van der Waals surface area (Å²) in [4.78, 5) is 4.65. The average Bonchev–Trinajstić information content (AvgIpc) is 2.72. The molecule has 7 heteroatoms. The van der Waals surface area contributed by atoms with Crippen molar-refractivity contribution < 1.29 is 14.2 Å². The second kappa shape index (κ2) is 13.1. The molecule has 0 aliphatic rings. The Kier molecular flexibility index (Phi) is 11.2. The van der Waals surface area contributed by atoms with Gasteiger partial charge in [-0.05, 0) is 48.7 Å². The average molecular weight is 499 g/mol. The monoisotopic (exact) mass is 499 g/mol. The lowest BCUT2D eigenvalue weighted by molar-refractivity contribution is 0.354. The molecule has 0 heterocycles. The Morgan fingerprint density at radius 3 is 2.14 bits per heavy atom. The molecule has 0 amide bonds. The minimum Gasteiger partial charge on any atom is -0.497 e. The number of benzene rings is 2. The van der Waals surface area contributed by atoms with Gasteiger partial charge >= 0.3 is 0 Å². The molecule has 0 atom stereocenters. The number of ether oxygens (including phenoxy) is 3. The van der Waals surface area contributed by atoms with Gasteiger partial charge in [-0.3, -0.25) is 0 Å². The molecule has 0 unspecified atom stereocenters. The van der Waals surface area contributed by atoms with Gasteiger partial charge in [0.25, 0.3) is 0 Å². The molecule has 6 nitrogen and oxygen atoms in total. The van der Waals surface area contributed by atoms with Crippen molar-refractivity contribution in [2.24, 2.45) is 4.99 Å². The number of nitrogens with one attached hydrogen (secondary N) is 2. The van der Waals surface area contributed by atoms with Crippen molar-refractivity contribution in [3.8, 4) is 17.2 Å². The summed E-state index contributed by atoms with van der Waals surface area (Å²) in [5.74, 6) is 3.09. The third-order valence-corrected chi connectivity index (χ3v) is 4.08. The van der Waals surface area contributed by atoms with Crippen LogP contribution in [0.25, 0.3) is 0 Å². The molecule has 2 aromatic rings. The van der Waals surface area contributed by atoms with Crippen LogP contribution >= 0.6 is 24.0 Å². The van der Waals surface area contributed by atoms with E-state index in [1.807, 2.05) is 30.3 Å². The SMILES string of the molecule is CCNC(=NCc1ccc(OC)c(OC)c1)NCCc1ccc(OC)cc1.I. The quantitative estimate of drug-likeness (QED) is 0.314. The highest BCUT2D eigenvalue weighted by molar-refractivity contribution is 14.0. The summed E-state index contributed by atoms with van der Waals surface area (Å²) in [5, 5.41) is 6.64. The molecule has 0 fully saturated rings. The second-order valence-electron chi connectivity index (χ2n) is 5.91. The largest absolute Gasteiger partial charge is 0.497 e. The number of hydrogen-bond donors (Lipinski definition) is 2. The first kappa shape index (κ1) is 23.9. The molecular weight excluding hydrogens is 469 g/mol. The number of aliphatic imine (C=N–C) groups is 1. The Bertz CT molecular complexity index is 736. The Morgan fingerprint density at radius 1 is 0.857 bits per heavy atom. The van der Waals surface area contributed by atoms with Crippen LogP contribution in [0.5, 0.6) is 17.2 Å². The van der Waals surface area contributed by atoms with Gasteiger partial charge in [-0.25, -0.2) is 4.99 Å². The van der Waals surface area contributed by atoms with Crippen molar-refractivity contribution in [2.75, 3.05) is 34.4 Å². The zero-order chi connectivity index (χ0) is 19.5. The van der Waals surface area contributed by atoms with E-state index in [1.54, 1.807) is 21.3 Å². The van der Waals surface area contributed by atoms with Gasteiger partial charge in [0.1, 0.15) is 5.75 Å². The smallest absolute Gasteiger partial charge is 0.191 e. The molecule has 28 heavy (non-hydrogen) atoms.